The van der Waals surface area contributed by atoms with E-state index in [9.17, 15) is 4.79 Å². The van der Waals surface area contributed by atoms with Crippen LogP contribution in [0.2, 0.25) is 0 Å². The van der Waals surface area contributed by atoms with Gasteiger partial charge in [-0.2, -0.15) is 0 Å². The smallest absolute Gasteiger partial charge is 0.263 e. The molecule has 0 aliphatic carbocycles. The lowest BCUT2D eigenvalue weighted by molar-refractivity contribution is 0.0524. The first kappa shape index (κ1) is 14.4. The van der Waals surface area contributed by atoms with Gasteiger partial charge in [-0.15, -0.1) is 11.3 Å². The van der Waals surface area contributed by atoms with Crippen LogP contribution in [0.3, 0.4) is 0 Å². The molecule has 0 bridgehead atoms. The van der Waals surface area contributed by atoms with Gasteiger partial charge in [-0.3, -0.25) is 4.79 Å². The first-order chi connectivity index (χ1) is 10.1. The van der Waals surface area contributed by atoms with Crippen LogP contribution in [0.1, 0.15) is 9.67 Å². The zero-order valence-corrected chi connectivity index (χ0v) is 13.8. The topological polar surface area (TPSA) is 38.8 Å². The average Bonchev–Trinajstić information content (AvgIpc) is 2.93. The van der Waals surface area contributed by atoms with Gasteiger partial charge in [0.15, 0.2) is 17.6 Å². The molecule has 1 atom stereocenters. The van der Waals surface area contributed by atoms with Crippen molar-refractivity contribution in [3.8, 4) is 11.5 Å². The van der Waals surface area contributed by atoms with Gasteiger partial charge in [0.1, 0.15) is 6.61 Å². The van der Waals surface area contributed by atoms with Crippen LogP contribution in [0.5, 0.6) is 11.5 Å². The van der Waals surface area contributed by atoms with Crippen LogP contribution in [0.15, 0.2) is 40.2 Å². The van der Waals surface area contributed by atoms with E-state index in [0.717, 1.165) is 15.3 Å². The van der Waals surface area contributed by atoms with Crippen LogP contribution in [0, 0.1) is 0 Å². The second-order valence-electron chi connectivity index (χ2n) is 4.79. The molecule has 110 valence electrons. The molecule has 0 N–H and O–H groups in total. The fourth-order valence-electron chi connectivity index (χ4n) is 2.16. The number of carbonyl (C=O) groups is 1. The molecule has 1 unspecified atom stereocenters. The number of carbonyl (C=O) groups excluding carboxylic acids is 1. The predicted octanol–water partition coefficient (Wildman–Crippen LogP) is 3.42. The molecule has 0 saturated heterocycles. The monoisotopic (exact) mass is 367 g/mol. The van der Waals surface area contributed by atoms with E-state index in [4.69, 9.17) is 9.47 Å². The van der Waals surface area contributed by atoms with Crippen molar-refractivity contribution in [3.63, 3.8) is 0 Å². The van der Waals surface area contributed by atoms with Gasteiger partial charge in [0.2, 0.25) is 0 Å². The van der Waals surface area contributed by atoms with E-state index < -0.39 is 0 Å². The van der Waals surface area contributed by atoms with Gasteiger partial charge in [-0.05, 0) is 40.2 Å². The van der Waals surface area contributed by atoms with Crippen molar-refractivity contribution in [2.75, 3.05) is 20.2 Å². The Morgan fingerprint density at radius 2 is 2.10 bits per heavy atom. The number of amides is 1. The molecule has 2 heterocycles. The van der Waals surface area contributed by atoms with Crippen molar-refractivity contribution in [3.05, 3.63) is 45.1 Å². The van der Waals surface area contributed by atoms with E-state index in [0.29, 0.717) is 18.0 Å². The number of ether oxygens (including phenoxy) is 2. The van der Waals surface area contributed by atoms with E-state index in [1.165, 1.54) is 11.3 Å². The van der Waals surface area contributed by atoms with Gasteiger partial charge in [0, 0.05) is 7.05 Å². The molecular weight excluding hydrogens is 354 g/mol. The molecule has 1 aliphatic rings. The van der Waals surface area contributed by atoms with Crippen molar-refractivity contribution in [2.24, 2.45) is 0 Å². The zero-order chi connectivity index (χ0) is 14.8. The second kappa shape index (κ2) is 6.07. The Morgan fingerprint density at radius 1 is 1.33 bits per heavy atom. The summed E-state index contributed by atoms with van der Waals surface area (Å²) in [4.78, 5) is 14.7. The summed E-state index contributed by atoms with van der Waals surface area (Å²) in [5.41, 5.74) is 0. The molecule has 3 rings (SSSR count). The highest BCUT2D eigenvalue weighted by Gasteiger charge is 2.24. The van der Waals surface area contributed by atoms with Crippen molar-refractivity contribution in [1.82, 2.24) is 4.90 Å². The largest absolute Gasteiger partial charge is 0.486 e. The molecule has 1 aromatic heterocycles. The number of benzene rings is 1. The number of thiophene rings is 1. The highest BCUT2D eigenvalue weighted by atomic mass is 79.9. The number of rotatable bonds is 3. The van der Waals surface area contributed by atoms with E-state index >= 15 is 0 Å². The highest BCUT2D eigenvalue weighted by molar-refractivity contribution is 9.11. The van der Waals surface area contributed by atoms with Gasteiger partial charge < -0.3 is 14.4 Å². The summed E-state index contributed by atoms with van der Waals surface area (Å²) < 4.78 is 12.5. The molecule has 0 saturated carbocycles. The van der Waals surface area contributed by atoms with Gasteiger partial charge in [-0.1, -0.05) is 12.1 Å². The van der Waals surface area contributed by atoms with E-state index in [1.54, 1.807) is 11.9 Å². The minimum Gasteiger partial charge on any atom is -0.486 e. The maximum absolute atomic E-state index is 12.3. The quantitative estimate of drug-likeness (QED) is 0.834. The molecule has 1 amide bonds. The lowest BCUT2D eigenvalue weighted by atomic mass is 10.2. The van der Waals surface area contributed by atoms with Crippen molar-refractivity contribution in [2.45, 2.75) is 6.10 Å². The fraction of sp³-hybridized carbons (Fsp3) is 0.267. The standard InChI is InChI=1S/C15H14BrNO3S/c1-17(15(18)13-6-7-14(16)21-13)8-10-9-19-11-4-2-3-5-12(11)20-10/h2-7,10H,8-9H2,1H3. The molecule has 2 aromatic rings. The highest BCUT2D eigenvalue weighted by Crippen LogP contribution is 2.31. The molecule has 0 spiro atoms. The Morgan fingerprint density at radius 3 is 2.81 bits per heavy atom. The van der Waals surface area contributed by atoms with Gasteiger partial charge in [0.25, 0.3) is 5.91 Å². The Bertz CT molecular complexity index is 658. The Kier molecular flexibility index (Phi) is 4.17. The normalized spacial score (nSPS) is 16.6. The number of halogens is 1. The second-order valence-corrected chi connectivity index (χ2v) is 7.25. The summed E-state index contributed by atoms with van der Waals surface area (Å²) in [7, 11) is 1.78. The Balaban J connectivity index is 1.63. The summed E-state index contributed by atoms with van der Waals surface area (Å²) in [6, 6.07) is 11.3. The Hall–Kier alpha value is -1.53. The molecule has 4 nitrogen and oxygen atoms in total. The minimum atomic E-state index is -0.155. The lowest BCUT2D eigenvalue weighted by Crippen LogP contribution is -2.41. The molecule has 21 heavy (non-hydrogen) atoms. The third kappa shape index (κ3) is 3.22. The molecular formula is C15H14BrNO3S. The summed E-state index contributed by atoms with van der Waals surface area (Å²) in [5.74, 6) is 1.48. The first-order valence-electron chi connectivity index (χ1n) is 6.53. The number of nitrogens with zero attached hydrogens (tertiary/aromatic N) is 1. The number of para-hydroxylation sites is 2. The van der Waals surface area contributed by atoms with Crippen LogP contribution in [0.4, 0.5) is 0 Å². The number of likely N-dealkylation sites (N-methyl/N-ethyl adjacent to an activating group) is 1. The molecule has 1 aliphatic heterocycles. The predicted molar refractivity (Wildman–Crippen MR) is 85.3 cm³/mol. The summed E-state index contributed by atoms with van der Waals surface area (Å²) in [6.45, 7) is 0.936. The minimum absolute atomic E-state index is 0.00633. The van der Waals surface area contributed by atoms with E-state index in [1.807, 2.05) is 36.4 Å². The van der Waals surface area contributed by atoms with E-state index in [-0.39, 0.29) is 12.0 Å². The van der Waals surface area contributed by atoms with Crippen molar-refractivity contribution < 1.29 is 14.3 Å². The van der Waals surface area contributed by atoms with Crippen LogP contribution >= 0.6 is 27.3 Å². The summed E-state index contributed by atoms with van der Waals surface area (Å²) in [5, 5.41) is 0. The van der Waals surface area contributed by atoms with Gasteiger partial charge in [-0.25, -0.2) is 0 Å². The van der Waals surface area contributed by atoms with Gasteiger partial charge >= 0.3 is 0 Å². The van der Waals surface area contributed by atoms with E-state index in [2.05, 4.69) is 15.9 Å². The van der Waals surface area contributed by atoms with Crippen LogP contribution in [-0.2, 0) is 0 Å². The number of hydrogen-bond donors (Lipinski definition) is 0. The first-order valence-corrected chi connectivity index (χ1v) is 8.14. The molecule has 6 heteroatoms. The number of fused-ring (bicyclic) bond motifs is 1. The van der Waals surface area contributed by atoms with Crippen LogP contribution < -0.4 is 9.47 Å². The fourth-order valence-corrected chi connectivity index (χ4v) is 3.54. The molecule has 0 radical (unpaired) electrons. The lowest BCUT2D eigenvalue weighted by Gasteiger charge is -2.29. The number of hydrogen-bond acceptors (Lipinski definition) is 4. The van der Waals surface area contributed by atoms with Crippen molar-refractivity contribution in [1.29, 1.82) is 0 Å². The van der Waals surface area contributed by atoms with Crippen LogP contribution in [-0.4, -0.2) is 37.1 Å². The third-order valence-corrected chi connectivity index (χ3v) is 4.79. The van der Waals surface area contributed by atoms with Crippen molar-refractivity contribution >= 4 is 33.2 Å². The SMILES string of the molecule is CN(CC1COc2ccccc2O1)C(=O)c1ccc(Br)s1. The third-order valence-electron chi connectivity index (χ3n) is 3.18. The maximum Gasteiger partial charge on any atom is 0.263 e. The maximum atomic E-state index is 12.3. The molecule has 0 fully saturated rings. The summed E-state index contributed by atoms with van der Waals surface area (Å²) >= 11 is 4.80. The van der Waals surface area contributed by atoms with Crippen LogP contribution in [0.25, 0.3) is 0 Å². The Labute approximate surface area is 135 Å². The van der Waals surface area contributed by atoms with Gasteiger partial charge in [0.05, 0.1) is 15.2 Å². The zero-order valence-electron chi connectivity index (χ0n) is 11.4. The average molecular weight is 368 g/mol. The summed E-state index contributed by atoms with van der Waals surface area (Å²) in [6.07, 6.45) is -0.155. The molecule has 1 aromatic carbocycles.